The van der Waals surface area contributed by atoms with E-state index in [1.54, 1.807) is 30.3 Å². The summed E-state index contributed by atoms with van der Waals surface area (Å²) in [7, 11) is -3.98. The van der Waals surface area contributed by atoms with Gasteiger partial charge in [-0.2, -0.15) is 4.31 Å². The number of carbonyl (C=O) groups is 1. The Morgan fingerprint density at radius 2 is 1.69 bits per heavy atom. The molecule has 0 aliphatic heterocycles. The molecule has 32 heavy (non-hydrogen) atoms. The molecule has 0 saturated carbocycles. The summed E-state index contributed by atoms with van der Waals surface area (Å²) in [5.74, 6) is -0.424. The van der Waals surface area contributed by atoms with E-state index in [0.717, 1.165) is 14.3 Å². The molecule has 0 aliphatic carbocycles. The number of hydrogen-bond donors (Lipinski definition) is 1. The Morgan fingerprint density at radius 3 is 2.31 bits per heavy atom. The maximum atomic E-state index is 13.4. The first-order valence-electron chi connectivity index (χ1n) is 9.71. The van der Waals surface area contributed by atoms with E-state index in [1.807, 2.05) is 37.3 Å². The molecule has 3 rings (SSSR count). The second-order valence-corrected chi connectivity index (χ2v) is 10.9. The lowest BCUT2D eigenvalue weighted by molar-refractivity contribution is -0.122. The van der Waals surface area contributed by atoms with Crippen LogP contribution in [0.4, 0.5) is 0 Å². The molecular weight excluding hydrogens is 535 g/mol. The summed E-state index contributed by atoms with van der Waals surface area (Å²) in [5.41, 5.74) is 1.46. The van der Waals surface area contributed by atoms with Crippen molar-refractivity contribution in [2.24, 2.45) is 0 Å². The predicted octanol–water partition coefficient (Wildman–Crippen LogP) is 5.82. The van der Waals surface area contributed by atoms with Crippen molar-refractivity contribution in [1.29, 1.82) is 0 Å². The highest BCUT2D eigenvalue weighted by atomic mass is 79.9. The molecule has 0 bridgehead atoms. The van der Waals surface area contributed by atoms with Gasteiger partial charge in [0.1, 0.15) is 0 Å². The summed E-state index contributed by atoms with van der Waals surface area (Å²) in [5, 5.41) is 3.63. The second-order valence-electron chi connectivity index (χ2n) is 7.16. The Labute approximate surface area is 206 Å². The molecule has 168 valence electrons. The van der Waals surface area contributed by atoms with Crippen LogP contribution >= 0.6 is 39.1 Å². The average molecular weight is 556 g/mol. The fourth-order valence-electron chi connectivity index (χ4n) is 3.09. The zero-order valence-electron chi connectivity index (χ0n) is 17.1. The SMILES string of the molecule is C[C@@H](NC(=O)CN(Cc1ccc(Cl)cc1Cl)S(=O)(=O)c1ccc(Br)cc1)c1ccccc1. The van der Waals surface area contributed by atoms with Crippen LogP contribution < -0.4 is 5.32 Å². The van der Waals surface area contributed by atoms with Gasteiger partial charge in [-0.1, -0.05) is 75.5 Å². The van der Waals surface area contributed by atoms with E-state index < -0.39 is 15.9 Å². The largest absolute Gasteiger partial charge is 0.348 e. The van der Waals surface area contributed by atoms with Gasteiger partial charge in [0.05, 0.1) is 17.5 Å². The van der Waals surface area contributed by atoms with Crippen LogP contribution in [0.25, 0.3) is 0 Å². The lowest BCUT2D eigenvalue weighted by Gasteiger charge is -2.24. The average Bonchev–Trinajstić information content (AvgIpc) is 2.75. The quantitative estimate of drug-likeness (QED) is 0.380. The molecular formula is C23H21BrCl2N2O3S. The number of amides is 1. The molecule has 3 aromatic rings. The standard InChI is InChI=1S/C23H21BrCl2N2O3S/c1-16(17-5-3-2-4-6-17)27-23(29)15-28(14-18-7-10-20(25)13-22(18)26)32(30,31)21-11-8-19(24)9-12-21/h2-13,16H,14-15H2,1H3,(H,27,29)/t16-/m1/s1. The number of hydrogen-bond acceptors (Lipinski definition) is 3. The third-order valence-electron chi connectivity index (χ3n) is 4.81. The van der Waals surface area contributed by atoms with Gasteiger partial charge in [0, 0.05) is 21.1 Å². The number of rotatable bonds is 8. The van der Waals surface area contributed by atoms with Gasteiger partial charge in [-0.3, -0.25) is 4.79 Å². The monoisotopic (exact) mass is 554 g/mol. The number of carbonyl (C=O) groups excluding carboxylic acids is 1. The van der Waals surface area contributed by atoms with Crippen LogP contribution in [0.3, 0.4) is 0 Å². The minimum absolute atomic E-state index is 0.0784. The van der Waals surface area contributed by atoms with Gasteiger partial charge in [-0.25, -0.2) is 8.42 Å². The van der Waals surface area contributed by atoms with Gasteiger partial charge in [-0.05, 0) is 54.4 Å². The Morgan fingerprint density at radius 1 is 1.03 bits per heavy atom. The van der Waals surface area contributed by atoms with Crippen LogP contribution in [0.1, 0.15) is 24.1 Å². The normalized spacial score (nSPS) is 12.5. The molecule has 0 saturated heterocycles. The molecule has 1 atom stereocenters. The predicted molar refractivity (Wildman–Crippen MR) is 131 cm³/mol. The number of nitrogens with one attached hydrogen (secondary N) is 1. The maximum Gasteiger partial charge on any atom is 0.243 e. The molecule has 0 spiro atoms. The van der Waals surface area contributed by atoms with Gasteiger partial charge in [0.25, 0.3) is 0 Å². The summed E-state index contributed by atoms with van der Waals surface area (Å²) in [6, 6.07) is 20.2. The van der Waals surface area contributed by atoms with E-state index in [9.17, 15) is 13.2 Å². The van der Waals surface area contributed by atoms with Crippen molar-refractivity contribution >= 4 is 55.1 Å². The highest BCUT2D eigenvalue weighted by molar-refractivity contribution is 9.10. The Balaban J connectivity index is 1.87. The van der Waals surface area contributed by atoms with Gasteiger partial charge in [0.15, 0.2) is 0 Å². The first-order chi connectivity index (χ1) is 15.2. The summed E-state index contributed by atoms with van der Waals surface area (Å²) in [6.45, 7) is 1.40. The molecule has 0 unspecified atom stereocenters. The van der Waals surface area contributed by atoms with E-state index in [1.165, 1.54) is 12.1 Å². The number of sulfonamides is 1. The highest BCUT2D eigenvalue weighted by Crippen LogP contribution is 2.26. The fraction of sp³-hybridized carbons (Fsp3) is 0.174. The number of nitrogens with zero attached hydrogens (tertiary/aromatic N) is 1. The third kappa shape index (κ3) is 6.33. The lowest BCUT2D eigenvalue weighted by atomic mass is 10.1. The zero-order chi connectivity index (χ0) is 23.3. The summed E-state index contributed by atoms with van der Waals surface area (Å²) < 4.78 is 28.6. The lowest BCUT2D eigenvalue weighted by Crippen LogP contribution is -2.41. The molecule has 3 aromatic carbocycles. The first kappa shape index (κ1) is 24.7. The van der Waals surface area contributed by atoms with Crippen molar-refractivity contribution in [1.82, 2.24) is 9.62 Å². The molecule has 5 nitrogen and oxygen atoms in total. The molecule has 0 aromatic heterocycles. The van der Waals surface area contributed by atoms with Crippen molar-refractivity contribution in [3.05, 3.63) is 98.4 Å². The highest BCUT2D eigenvalue weighted by Gasteiger charge is 2.28. The van der Waals surface area contributed by atoms with E-state index in [-0.39, 0.29) is 24.0 Å². The molecule has 1 amide bonds. The Kier molecular flexibility index (Phi) is 8.36. The van der Waals surface area contributed by atoms with Crippen LogP contribution in [0.2, 0.25) is 10.0 Å². The van der Waals surface area contributed by atoms with Gasteiger partial charge >= 0.3 is 0 Å². The third-order valence-corrected chi connectivity index (χ3v) is 7.73. The van der Waals surface area contributed by atoms with E-state index >= 15 is 0 Å². The number of benzene rings is 3. The first-order valence-corrected chi connectivity index (χ1v) is 12.7. The second kappa shape index (κ2) is 10.8. The van der Waals surface area contributed by atoms with Crippen LogP contribution in [0, 0.1) is 0 Å². The Hall–Kier alpha value is -1.90. The molecule has 9 heteroatoms. The molecule has 0 aliphatic rings. The van der Waals surface area contributed by atoms with Crippen LogP contribution in [0.5, 0.6) is 0 Å². The van der Waals surface area contributed by atoms with Gasteiger partial charge in [-0.15, -0.1) is 0 Å². The van der Waals surface area contributed by atoms with Crippen molar-refractivity contribution in [3.8, 4) is 0 Å². The van der Waals surface area contributed by atoms with Crippen molar-refractivity contribution in [2.75, 3.05) is 6.54 Å². The van der Waals surface area contributed by atoms with Crippen LogP contribution in [0.15, 0.2) is 82.2 Å². The Bertz CT molecular complexity index is 1190. The number of halogens is 3. The fourth-order valence-corrected chi connectivity index (χ4v) is 5.20. The molecule has 1 N–H and O–H groups in total. The van der Waals surface area contributed by atoms with E-state index in [0.29, 0.717) is 15.6 Å². The molecule has 0 fully saturated rings. The molecule has 0 radical (unpaired) electrons. The minimum atomic E-state index is -3.98. The van der Waals surface area contributed by atoms with Gasteiger partial charge < -0.3 is 5.32 Å². The summed E-state index contributed by atoms with van der Waals surface area (Å²) in [6.07, 6.45) is 0. The molecule has 0 heterocycles. The summed E-state index contributed by atoms with van der Waals surface area (Å²) in [4.78, 5) is 12.9. The van der Waals surface area contributed by atoms with Crippen LogP contribution in [-0.4, -0.2) is 25.2 Å². The van der Waals surface area contributed by atoms with Gasteiger partial charge in [0.2, 0.25) is 15.9 Å². The topological polar surface area (TPSA) is 66.5 Å². The zero-order valence-corrected chi connectivity index (χ0v) is 21.0. The van der Waals surface area contributed by atoms with Crippen molar-refractivity contribution in [2.45, 2.75) is 24.4 Å². The van der Waals surface area contributed by atoms with E-state index in [2.05, 4.69) is 21.2 Å². The van der Waals surface area contributed by atoms with E-state index in [4.69, 9.17) is 23.2 Å². The summed E-state index contributed by atoms with van der Waals surface area (Å²) >= 11 is 15.6. The smallest absolute Gasteiger partial charge is 0.243 e. The maximum absolute atomic E-state index is 13.4. The minimum Gasteiger partial charge on any atom is -0.348 e. The van der Waals surface area contributed by atoms with Crippen molar-refractivity contribution < 1.29 is 13.2 Å². The van der Waals surface area contributed by atoms with Crippen LogP contribution in [-0.2, 0) is 21.4 Å². The van der Waals surface area contributed by atoms with Crippen molar-refractivity contribution in [3.63, 3.8) is 0 Å².